The molecule has 21 heavy (non-hydrogen) atoms. The monoisotopic (exact) mass is 346 g/mol. The van der Waals surface area contributed by atoms with Gasteiger partial charge < -0.3 is 10.6 Å². The predicted molar refractivity (Wildman–Crippen MR) is 89.8 cm³/mol. The molecule has 0 radical (unpaired) electrons. The molecule has 1 aliphatic rings. The Morgan fingerprint density at radius 2 is 1.81 bits per heavy atom. The van der Waals surface area contributed by atoms with Crippen molar-refractivity contribution in [2.24, 2.45) is 0 Å². The highest BCUT2D eigenvalue weighted by Crippen LogP contribution is 2.39. The number of benzene rings is 1. The van der Waals surface area contributed by atoms with E-state index in [0.717, 1.165) is 34.0 Å². The van der Waals surface area contributed by atoms with E-state index in [4.69, 9.17) is 4.98 Å². The lowest BCUT2D eigenvalue weighted by Gasteiger charge is -2.13. The average Bonchev–Trinajstić information content (AvgIpc) is 3.32. The Labute approximate surface area is 133 Å². The van der Waals surface area contributed by atoms with E-state index in [0.29, 0.717) is 5.92 Å². The summed E-state index contributed by atoms with van der Waals surface area (Å²) in [5.74, 6) is 3.36. The maximum atomic E-state index is 4.70. The lowest BCUT2D eigenvalue weighted by molar-refractivity contribution is 0.913. The van der Waals surface area contributed by atoms with E-state index in [1.54, 1.807) is 0 Å². The summed E-state index contributed by atoms with van der Waals surface area (Å²) >= 11 is 3.46. The third-order valence-corrected chi connectivity index (χ3v) is 4.24. The Morgan fingerprint density at radius 3 is 2.43 bits per heavy atom. The number of hydrogen-bond acceptors (Lipinski definition) is 4. The molecule has 1 aliphatic carbocycles. The summed E-state index contributed by atoms with van der Waals surface area (Å²) in [5.41, 5.74) is 2.30. The van der Waals surface area contributed by atoms with E-state index >= 15 is 0 Å². The molecule has 0 atom stereocenters. The van der Waals surface area contributed by atoms with Crippen LogP contribution in [0.1, 0.15) is 35.7 Å². The van der Waals surface area contributed by atoms with Gasteiger partial charge in [-0.1, -0.05) is 28.1 Å². The molecule has 1 heterocycles. The van der Waals surface area contributed by atoms with Gasteiger partial charge in [-0.3, -0.25) is 0 Å². The van der Waals surface area contributed by atoms with Crippen LogP contribution in [0, 0.1) is 6.92 Å². The highest BCUT2D eigenvalue weighted by atomic mass is 79.9. The molecule has 1 aromatic heterocycles. The van der Waals surface area contributed by atoms with Crippen molar-refractivity contribution >= 4 is 27.6 Å². The molecule has 1 aromatic carbocycles. The van der Waals surface area contributed by atoms with E-state index in [1.807, 2.05) is 14.0 Å². The molecule has 0 bridgehead atoms. The third kappa shape index (κ3) is 3.35. The quantitative estimate of drug-likeness (QED) is 0.856. The number of halogens is 1. The highest BCUT2D eigenvalue weighted by molar-refractivity contribution is 9.10. The number of aromatic nitrogens is 2. The van der Waals surface area contributed by atoms with Crippen molar-refractivity contribution in [3.8, 4) is 0 Å². The van der Waals surface area contributed by atoms with Crippen LogP contribution < -0.4 is 10.6 Å². The molecule has 4 nitrogen and oxygen atoms in total. The van der Waals surface area contributed by atoms with E-state index in [1.165, 1.54) is 18.4 Å². The summed E-state index contributed by atoms with van der Waals surface area (Å²) in [4.78, 5) is 9.32. The summed E-state index contributed by atoms with van der Waals surface area (Å²) < 4.78 is 1.10. The second kappa shape index (κ2) is 6.02. The molecule has 1 saturated carbocycles. The molecule has 5 heteroatoms. The topological polar surface area (TPSA) is 49.8 Å². The maximum absolute atomic E-state index is 4.70. The number of rotatable bonds is 5. The van der Waals surface area contributed by atoms with E-state index in [9.17, 15) is 0 Å². The van der Waals surface area contributed by atoms with Crippen LogP contribution in [0.3, 0.4) is 0 Å². The zero-order chi connectivity index (χ0) is 14.8. The Balaban J connectivity index is 1.80. The van der Waals surface area contributed by atoms with Crippen LogP contribution in [-0.4, -0.2) is 17.0 Å². The molecule has 0 aliphatic heterocycles. The number of nitrogens with one attached hydrogen (secondary N) is 2. The minimum atomic E-state index is 0.547. The van der Waals surface area contributed by atoms with Gasteiger partial charge in [0.25, 0.3) is 0 Å². The first-order chi connectivity index (χ1) is 10.2. The first-order valence-electron chi connectivity index (χ1n) is 7.22. The summed E-state index contributed by atoms with van der Waals surface area (Å²) in [7, 11) is 1.91. The van der Waals surface area contributed by atoms with Crippen LogP contribution in [0.15, 0.2) is 28.7 Å². The van der Waals surface area contributed by atoms with Gasteiger partial charge in [-0.25, -0.2) is 9.97 Å². The molecule has 2 N–H and O–H groups in total. The van der Waals surface area contributed by atoms with E-state index in [-0.39, 0.29) is 0 Å². The van der Waals surface area contributed by atoms with E-state index < -0.39 is 0 Å². The van der Waals surface area contributed by atoms with Crippen molar-refractivity contribution in [3.05, 3.63) is 45.7 Å². The Bertz CT molecular complexity index is 635. The van der Waals surface area contributed by atoms with Crippen LogP contribution in [0.2, 0.25) is 0 Å². The number of hydrogen-bond donors (Lipinski definition) is 2. The minimum Gasteiger partial charge on any atom is -0.373 e. The van der Waals surface area contributed by atoms with Gasteiger partial charge in [0.2, 0.25) is 0 Å². The molecule has 0 amide bonds. The zero-order valence-corrected chi connectivity index (χ0v) is 13.9. The maximum Gasteiger partial charge on any atom is 0.136 e. The fourth-order valence-corrected chi connectivity index (χ4v) is 2.53. The molecule has 3 rings (SSSR count). The van der Waals surface area contributed by atoms with E-state index in [2.05, 4.69) is 55.8 Å². The van der Waals surface area contributed by atoms with Gasteiger partial charge in [0, 0.05) is 29.5 Å². The smallest absolute Gasteiger partial charge is 0.136 e. The van der Waals surface area contributed by atoms with Gasteiger partial charge in [-0.15, -0.1) is 0 Å². The van der Waals surface area contributed by atoms with Crippen molar-refractivity contribution in [2.45, 2.75) is 32.2 Å². The van der Waals surface area contributed by atoms with Gasteiger partial charge in [0.05, 0.1) is 0 Å². The lowest BCUT2D eigenvalue weighted by Crippen LogP contribution is -2.09. The van der Waals surface area contributed by atoms with Crippen LogP contribution in [0.4, 0.5) is 11.6 Å². The average molecular weight is 347 g/mol. The Hall–Kier alpha value is -1.62. The molecule has 2 aromatic rings. The van der Waals surface area contributed by atoms with Crippen molar-refractivity contribution in [1.29, 1.82) is 0 Å². The third-order valence-electron chi connectivity index (χ3n) is 3.72. The van der Waals surface area contributed by atoms with Crippen LogP contribution in [0.5, 0.6) is 0 Å². The van der Waals surface area contributed by atoms with Crippen LogP contribution in [-0.2, 0) is 6.54 Å². The van der Waals surface area contributed by atoms with Gasteiger partial charge in [0.15, 0.2) is 0 Å². The molecular formula is C16H19BrN4. The number of nitrogens with zero attached hydrogens (tertiary/aromatic N) is 2. The van der Waals surface area contributed by atoms with Crippen molar-refractivity contribution in [1.82, 2.24) is 9.97 Å². The summed E-state index contributed by atoms with van der Waals surface area (Å²) in [5, 5.41) is 6.61. The number of anilines is 2. The molecule has 1 fully saturated rings. The molecule has 0 spiro atoms. The van der Waals surface area contributed by atoms with Gasteiger partial charge >= 0.3 is 0 Å². The Morgan fingerprint density at radius 1 is 1.14 bits per heavy atom. The first-order valence-corrected chi connectivity index (χ1v) is 8.01. The standard InChI is InChI=1S/C16H19BrN4/c1-10-14(18-2)20-16(12-5-6-12)21-15(10)19-9-11-3-7-13(17)8-4-11/h3-4,7-8,12H,5-6,9H2,1-2H3,(H2,18,19,20,21). The van der Waals surface area contributed by atoms with Crippen molar-refractivity contribution in [3.63, 3.8) is 0 Å². The molecule has 0 unspecified atom stereocenters. The fraction of sp³-hybridized carbons (Fsp3) is 0.375. The van der Waals surface area contributed by atoms with Gasteiger partial charge in [0.1, 0.15) is 17.5 Å². The summed E-state index contributed by atoms with van der Waals surface area (Å²) in [6.45, 7) is 2.81. The van der Waals surface area contributed by atoms with Crippen LogP contribution in [0.25, 0.3) is 0 Å². The van der Waals surface area contributed by atoms with Crippen molar-refractivity contribution in [2.75, 3.05) is 17.7 Å². The summed E-state index contributed by atoms with van der Waals surface area (Å²) in [6, 6.07) is 8.32. The summed E-state index contributed by atoms with van der Waals surface area (Å²) in [6.07, 6.45) is 2.41. The fourth-order valence-electron chi connectivity index (χ4n) is 2.26. The highest BCUT2D eigenvalue weighted by Gasteiger charge is 2.28. The second-order valence-electron chi connectivity index (χ2n) is 5.41. The molecule has 110 valence electrons. The SMILES string of the molecule is CNc1nc(C2CC2)nc(NCc2ccc(Br)cc2)c1C. The predicted octanol–water partition coefficient (Wildman–Crippen LogP) is 4.08. The van der Waals surface area contributed by atoms with Gasteiger partial charge in [-0.2, -0.15) is 0 Å². The van der Waals surface area contributed by atoms with Crippen LogP contribution >= 0.6 is 15.9 Å². The van der Waals surface area contributed by atoms with Gasteiger partial charge in [-0.05, 0) is 37.5 Å². The largest absolute Gasteiger partial charge is 0.373 e. The Kier molecular flexibility index (Phi) is 4.10. The normalized spacial score (nSPS) is 14.0. The lowest BCUT2D eigenvalue weighted by atomic mass is 10.2. The zero-order valence-electron chi connectivity index (χ0n) is 12.3. The first kappa shape index (κ1) is 14.3. The second-order valence-corrected chi connectivity index (χ2v) is 6.32. The molecular weight excluding hydrogens is 328 g/mol. The van der Waals surface area contributed by atoms with Crippen molar-refractivity contribution < 1.29 is 0 Å². The minimum absolute atomic E-state index is 0.547. The molecule has 0 saturated heterocycles.